The predicted octanol–water partition coefficient (Wildman–Crippen LogP) is 2.70. The van der Waals surface area contributed by atoms with Gasteiger partial charge in [-0.3, -0.25) is 9.36 Å². The second-order valence-corrected chi connectivity index (χ2v) is 9.40. The molecule has 5 rings (SSSR count). The summed E-state index contributed by atoms with van der Waals surface area (Å²) < 4.78 is 7.52. The average Bonchev–Trinajstić information content (AvgIpc) is 3.42. The van der Waals surface area contributed by atoms with Crippen LogP contribution in [0.4, 0.5) is 11.6 Å². The van der Waals surface area contributed by atoms with Crippen molar-refractivity contribution < 1.29 is 9.53 Å². The van der Waals surface area contributed by atoms with Gasteiger partial charge >= 0.3 is 5.69 Å². The van der Waals surface area contributed by atoms with Crippen molar-refractivity contribution in [3.63, 3.8) is 0 Å². The average molecular weight is 480 g/mol. The van der Waals surface area contributed by atoms with Gasteiger partial charge in [-0.1, -0.05) is 30.0 Å². The summed E-state index contributed by atoms with van der Waals surface area (Å²) in [6.45, 7) is 6.62. The minimum Gasteiger partial charge on any atom is -0.378 e. The van der Waals surface area contributed by atoms with Crippen LogP contribution in [-0.4, -0.2) is 62.2 Å². The van der Waals surface area contributed by atoms with Gasteiger partial charge in [0.2, 0.25) is 11.9 Å². The second-order valence-electron chi connectivity index (χ2n) is 8.09. The fraction of sp³-hybridized carbons (Fsp3) is 0.304. The van der Waals surface area contributed by atoms with E-state index in [4.69, 9.17) is 4.74 Å². The Bertz CT molecular complexity index is 1390. The van der Waals surface area contributed by atoms with E-state index in [9.17, 15) is 9.59 Å². The third-order valence-corrected chi connectivity index (χ3v) is 6.74. The maximum absolute atomic E-state index is 13.0. The Kier molecular flexibility index (Phi) is 6.12. The largest absolute Gasteiger partial charge is 0.378 e. The Morgan fingerprint density at radius 1 is 1.12 bits per heavy atom. The molecule has 1 aliphatic rings. The first kappa shape index (κ1) is 22.2. The molecule has 1 atom stereocenters. The van der Waals surface area contributed by atoms with Gasteiger partial charge in [0.25, 0.3) is 0 Å². The zero-order chi connectivity index (χ0) is 23.7. The molecule has 1 unspecified atom stereocenters. The number of imidazole rings is 1. The number of H-pyrrole nitrogens is 2. The first-order chi connectivity index (χ1) is 16.5. The van der Waals surface area contributed by atoms with Crippen LogP contribution < -0.4 is 15.9 Å². The number of carbonyl (C=O) groups is 1. The van der Waals surface area contributed by atoms with Crippen LogP contribution in [0.1, 0.15) is 12.5 Å². The molecule has 1 aliphatic heterocycles. The van der Waals surface area contributed by atoms with E-state index in [2.05, 4.69) is 30.4 Å². The third-order valence-electron chi connectivity index (χ3n) is 5.70. The molecule has 0 spiro atoms. The molecule has 2 aromatic heterocycles. The summed E-state index contributed by atoms with van der Waals surface area (Å²) >= 11 is 1.35. The topological polar surface area (TPSA) is 121 Å². The predicted molar refractivity (Wildman–Crippen MR) is 132 cm³/mol. The van der Waals surface area contributed by atoms with Gasteiger partial charge in [0.15, 0.2) is 5.16 Å². The fourth-order valence-corrected chi connectivity index (χ4v) is 4.75. The summed E-state index contributed by atoms with van der Waals surface area (Å²) in [4.78, 5) is 32.0. The van der Waals surface area contributed by atoms with E-state index in [1.165, 1.54) is 11.8 Å². The third kappa shape index (κ3) is 4.44. The van der Waals surface area contributed by atoms with Gasteiger partial charge in [-0.2, -0.15) is 0 Å². The van der Waals surface area contributed by atoms with E-state index in [1.54, 1.807) is 18.2 Å². The van der Waals surface area contributed by atoms with Gasteiger partial charge < -0.3 is 24.9 Å². The molecule has 0 aliphatic carbocycles. The Morgan fingerprint density at radius 3 is 2.68 bits per heavy atom. The first-order valence-corrected chi connectivity index (χ1v) is 11.9. The van der Waals surface area contributed by atoms with Gasteiger partial charge in [0.05, 0.1) is 35.2 Å². The van der Waals surface area contributed by atoms with E-state index < -0.39 is 5.25 Å². The molecule has 10 nitrogen and oxygen atoms in total. The van der Waals surface area contributed by atoms with E-state index in [0.717, 1.165) is 30.3 Å². The number of nitrogens with zero attached hydrogens (tertiary/aromatic N) is 4. The molecule has 11 heteroatoms. The normalized spacial score (nSPS) is 14.9. The molecule has 1 fully saturated rings. The van der Waals surface area contributed by atoms with Crippen LogP contribution in [0.2, 0.25) is 0 Å². The monoisotopic (exact) mass is 479 g/mol. The summed E-state index contributed by atoms with van der Waals surface area (Å²) in [5, 5.41) is 12.1. The number of fused-ring (bicyclic) bond motifs is 1. The van der Waals surface area contributed by atoms with Crippen molar-refractivity contribution in [1.29, 1.82) is 0 Å². The van der Waals surface area contributed by atoms with Crippen molar-refractivity contribution in [2.45, 2.75) is 24.3 Å². The van der Waals surface area contributed by atoms with Crippen molar-refractivity contribution in [2.24, 2.45) is 0 Å². The van der Waals surface area contributed by atoms with Gasteiger partial charge in [-0.15, -0.1) is 10.2 Å². The number of para-hydroxylation sites is 1. The zero-order valence-electron chi connectivity index (χ0n) is 18.9. The standard InChI is InChI=1S/C23H25N7O3S/c1-14-5-3-4-6-19(14)30-22(29-9-11-33-12-10-29)27-28-23(30)34-15(2)20(31)24-16-7-8-17-18(13-16)26-21(32)25-17/h3-8,13,15H,9-12H2,1-2H3,(H,24,31)(H2,25,26,32). The number of anilines is 2. The number of aromatic amines is 2. The lowest BCUT2D eigenvalue weighted by Crippen LogP contribution is -2.38. The highest BCUT2D eigenvalue weighted by atomic mass is 32.2. The van der Waals surface area contributed by atoms with Crippen LogP contribution in [0.25, 0.3) is 16.7 Å². The Balaban J connectivity index is 1.40. The summed E-state index contributed by atoms with van der Waals surface area (Å²) in [6.07, 6.45) is 0. The quantitative estimate of drug-likeness (QED) is 0.364. The van der Waals surface area contributed by atoms with Crippen LogP contribution in [0, 0.1) is 6.92 Å². The lowest BCUT2D eigenvalue weighted by molar-refractivity contribution is -0.115. The van der Waals surface area contributed by atoms with Gasteiger partial charge in [-0.25, -0.2) is 4.79 Å². The summed E-state index contributed by atoms with van der Waals surface area (Å²) in [5.41, 5.74) is 3.71. The first-order valence-electron chi connectivity index (χ1n) is 11.0. The second kappa shape index (κ2) is 9.35. The molecule has 1 amide bonds. The van der Waals surface area contributed by atoms with Crippen molar-refractivity contribution in [2.75, 3.05) is 36.5 Å². The molecule has 2 aromatic carbocycles. The molecule has 3 heterocycles. The SMILES string of the molecule is Cc1ccccc1-n1c(SC(C)C(=O)Nc2ccc3[nH]c(=O)[nH]c3c2)nnc1N1CCOCC1. The number of rotatable bonds is 6. The van der Waals surface area contributed by atoms with Crippen molar-refractivity contribution >= 4 is 40.3 Å². The number of morpholine rings is 1. The highest BCUT2D eigenvalue weighted by Crippen LogP contribution is 2.31. The Labute approximate surface area is 199 Å². The van der Waals surface area contributed by atoms with Crippen LogP contribution in [-0.2, 0) is 9.53 Å². The molecule has 1 saturated heterocycles. The van der Waals surface area contributed by atoms with E-state index in [0.29, 0.717) is 35.1 Å². The van der Waals surface area contributed by atoms with Crippen LogP contribution in [0.15, 0.2) is 52.4 Å². The van der Waals surface area contributed by atoms with E-state index in [1.807, 2.05) is 42.7 Å². The number of thioether (sulfide) groups is 1. The molecule has 176 valence electrons. The fourth-order valence-electron chi connectivity index (χ4n) is 3.90. The molecular weight excluding hydrogens is 454 g/mol. The molecule has 4 aromatic rings. The molecule has 0 saturated carbocycles. The van der Waals surface area contributed by atoms with Gasteiger partial charge in [-0.05, 0) is 43.7 Å². The molecular formula is C23H25N7O3S. The van der Waals surface area contributed by atoms with Gasteiger partial charge in [0, 0.05) is 18.8 Å². The Morgan fingerprint density at radius 2 is 1.88 bits per heavy atom. The molecule has 34 heavy (non-hydrogen) atoms. The van der Waals surface area contributed by atoms with Gasteiger partial charge in [0.1, 0.15) is 0 Å². The number of hydrogen-bond donors (Lipinski definition) is 3. The smallest absolute Gasteiger partial charge is 0.323 e. The zero-order valence-corrected chi connectivity index (χ0v) is 19.7. The van der Waals surface area contributed by atoms with Crippen LogP contribution in [0.5, 0.6) is 0 Å². The number of nitrogens with one attached hydrogen (secondary N) is 3. The van der Waals surface area contributed by atoms with E-state index in [-0.39, 0.29) is 11.6 Å². The van der Waals surface area contributed by atoms with Crippen LogP contribution in [0.3, 0.4) is 0 Å². The number of hydrogen-bond acceptors (Lipinski definition) is 7. The van der Waals surface area contributed by atoms with Crippen LogP contribution >= 0.6 is 11.8 Å². The molecule has 0 bridgehead atoms. The maximum atomic E-state index is 13.0. The van der Waals surface area contributed by atoms with Crippen molar-refractivity contribution in [3.8, 4) is 5.69 Å². The number of amides is 1. The summed E-state index contributed by atoms with van der Waals surface area (Å²) in [6, 6.07) is 13.3. The summed E-state index contributed by atoms with van der Waals surface area (Å²) in [7, 11) is 0. The maximum Gasteiger partial charge on any atom is 0.323 e. The lowest BCUT2D eigenvalue weighted by atomic mass is 10.2. The van der Waals surface area contributed by atoms with E-state index >= 15 is 0 Å². The molecule has 0 radical (unpaired) electrons. The highest BCUT2D eigenvalue weighted by molar-refractivity contribution is 8.00. The number of aromatic nitrogens is 5. The Hall–Kier alpha value is -3.57. The number of aryl methyl sites for hydroxylation is 1. The van der Waals surface area contributed by atoms with Crippen molar-refractivity contribution in [1.82, 2.24) is 24.7 Å². The number of carbonyl (C=O) groups excluding carboxylic acids is 1. The van der Waals surface area contributed by atoms with Crippen molar-refractivity contribution in [3.05, 3.63) is 58.5 Å². The summed E-state index contributed by atoms with van der Waals surface area (Å²) in [5.74, 6) is 0.573. The lowest BCUT2D eigenvalue weighted by Gasteiger charge is -2.28. The minimum absolute atomic E-state index is 0.172. The number of benzene rings is 2. The molecule has 3 N–H and O–H groups in total. The highest BCUT2D eigenvalue weighted by Gasteiger charge is 2.25. The minimum atomic E-state index is -0.439. The number of ether oxygens (including phenoxy) is 1.